The molecule has 0 saturated carbocycles. The minimum absolute atomic E-state index is 0.225. The lowest BCUT2D eigenvalue weighted by molar-refractivity contribution is 0.135. The van der Waals surface area contributed by atoms with Crippen molar-refractivity contribution >= 4 is 6.09 Å². The van der Waals surface area contributed by atoms with Gasteiger partial charge in [-0.25, -0.2) is 4.79 Å². The van der Waals surface area contributed by atoms with Gasteiger partial charge in [0.1, 0.15) is 12.4 Å². The molecule has 6 heteroatoms. The maximum absolute atomic E-state index is 12.3. The number of amides is 1. The Bertz CT molecular complexity index is 664. The number of alkyl carbamates (subject to hydrolysis) is 1. The molecule has 2 aromatic rings. The molecule has 0 saturated heterocycles. The quantitative estimate of drug-likeness (QED) is 0.569. The molecule has 0 aliphatic carbocycles. The average molecular weight is 357 g/mol. The largest absolute Gasteiger partial charge is 0.494 e. The molecular weight excluding hydrogens is 330 g/mol. The summed E-state index contributed by atoms with van der Waals surface area (Å²) in [6.07, 6.45) is -0.472. The van der Waals surface area contributed by atoms with E-state index in [0.717, 1.165) is 16.9 Å². The van der Waals surface area contributed by atoms with E-state index in [0.29, 0.717) is 26.2 Å². The molecule has 6 nitrogen and oxygen atoms in total. The lowest BCUT2D eigenvalue weighted by atomic mass is 10.1. The normalized spacial score (nSPS) is 11.6. The number of para-hydroxylation sites is 1. The van der Waals surface area contributed by atoms with Crippen LogP contribution in [0.15, 0.2) is 54.6 Å². The molecule has 0 fully saturated rings. The zero-order valence-corrected chi connectivity index (χ0v) is 15.1. The first-order valence-corrected chi connectivity index (χ1v) is 8.84. The van der Waals surface area contributed by atoms with Crippen molar-refractivity contribution in [1.82, 2.24) is 10.6 Å². The molecule has 0 aliphatic rings. The monoisotopic (exact) mass is 357 g/mol. The van der Waals surface area contributed by atoms with Crippen LogP contribution in [0.2, 0.25) is 0 Å². The highest BCUT2D eigenvalue weighted by Crippen LogP contribution is 2.25. The van der Waals surface area contributed by atoms with Gasteiger partial charge in [-0.3, -0.25) is 0 Å². The second-order valence-corrected chi connectivity index (χ2v) is 5.72. The van der Waals surface area contributed by atoms with Crippen molar-refractivity contribution in [2.45, 2.75) is 19.6 Å². The van der Waals surface area contributed by atoms with Gasteiger partial charge in [-0.15, -0.1) is 0 Å². The Morgan fingerprint density at radius 2 is 1.85 bits per heavy atom. The number of ether oxygens (including phenoxy) is 2. The maximum Gasteiger partial charge on any atom is 0.407 e. The standard InChI is InChI=1S/C20H27N3O3/c1-2-25-19-11-7-6-10-17(19)18(14-22-13-12-21)23-20(24)26-15-16-8-4-3-5-9-16/h3-11,18,22H,2,12-15,21H2,1H3,(H,23,24). The SMILES string of the molecule is CCOc1ccccc1C(CNCCN)NC(=O)OCc1ccccc1. The second kappa shape index (κ2) is 11.1. The number of carbonyl (C=O) groups excluding carboxylic acids is 1. The average Bonchev–Trinajstić information content (AvgIpc) is 2.67. The summed E-state index contributed by atoms with van der Waals surface area (Å²) in [4.78, 5) is 12.3. The molecular formula is C20H27N3O3. The van der Waals surface area contributed by atoms with Crippen molar-refractivity contribution in [3.8, 4) is 5.75 Å². The van der Waals surface area contributed by atoms with E-state index in [2.05, 4.69) is 10.6 Å². The first kappa shape index (κ1) is 19.8. The molecule has 2 rings (SSSR count). The van der Waals surface area contributed by atoms with Crippen LogP contribution in [-0.4, -0.2) is 32.3 Å². The van der Waals surface area contributed by atoms with Gasteiger partial charge in [0.05, 0.1) is 12.6 Å². The number of nitrogens with two attached hydrogens (primary N) is 1. The Balaban J connectivity index is 2.03. The van der Waals surface area contributed by atoms with Gasteiger partial charge in [0, 0.05) is 25.2 Å². The molecule has 1 amide bonds. The van der Waals surface area contributed by atoms with E-state index in [1.165, 1.54) is 0 Å². The van der Waals surface area contributed by atoms with Crippen LogP contribution in [0.3, 0.4) is 0 Å². The third-order valence-electron chi connectivity index (χ3n) is 3.77. The van der Waals surface area contributed by atoms with E-state index >= 15 is 0 Å². The molecule has 1 unspecified atom stereocenters. The Kier molecular flexibility index (Phi) is 8.45. The minimum Gasteiger partial charge on any atom is -0.494 e. The highest BCUT2D eigenvalue weighted by atomic mass is 16.5. The second-order valence-electron chi connectivity index (χ2n) is 5.72. The predicted octanol–water partition coefficient (Wildman–Crippen LogP) is 2.60. The number of benzene rings is 2. The van der Waals surface area contributed by atoms with E-state index in [1.54, 1.807) is 0 Å². The van der Waals surface area contributed by atoms with Gasteiger partial charge < -0.3 is 25.8 Å². The highest BCUT2D eigenvalue weighted by molar-refractivity contribution is 5.68. The molecule has 0 heterocycles. The number of carbonyl (C=O) groups is 1. The van der Waals surface area contributed by atoms with E-state index < -0.39 is 6.09 Å². The topological polar surface area (TPSA) is 85.6 Å². The van der Waals surface area contributed by atoms with E-state index in [9.17, 15) is 4.79 Å². The lowest BCUT2D eigenvalue weighted by Crippen LogP contribution is -2.37. The molecule has 0 spiro atoms. The lowest BCUT2D eigenvalue weighted by Gasteiger charge is -2.22. The predicted molar refractivity (Wildman–Crippen MR) is 102 cm³/mol. The summed E-state index contributed by atoms with van der Waals surface area (Å²) in [5.74, 6) is 0.748. The molecule has 0 aliphatic heterocycles. The molecule has 2 aromatic carbocycles. The van der Waals surface area contributed by atoms with Gasteiger partial charge in [0.2, 0.25) is 0 Å². The smallest absolute Gasteiger partial charge is 0.407 e. The van der Waals surface area contributed by atoms with Gasteiger partial charge in [-0.2, -0.15) is 0 Å². The van der Waals surface area contributed by atoms with Gasteiger partial charge in [0.25, 0.3) is 0 Å². The first-order valence-electron chi connectivity index (χ1n) is 8.84. The number of hydrogen-bond acceptors (Lipinski definition) is 5. The van der Waals surface area contributed by atoms with Crippen LogP contribution in [0.5, 0.6) is 5.75 Å². The summed E-state index contributed by atoms with van der Waals surface area (Å²) in [6.45, 7) is 4.43. The van der Waals surface area contributed by atoms with Crippen molar-refractivity contribution < 1.29 is 14.3 Å². The fourth-order valence-corrected chi connectivity index (χ4v) is 2.55. The van der Waals surface area contributed by atoms with E-state index in [-0.39, 0.29) is 12.6 Å². The van der Waals surface area contributed by atoms with Crippen molar-refractivity contribution in [2.24, 2.45) is 5.73 Å². The van der Waals surface area contributed by atoms with Crippen LogP contribution in [0.1, 0.15) is 24.1 Å². The van der Waals surface area contributed by atoms with Gasteiger partial charge >= 0.3 is 6.09 Å². The molecule has 140 valence electrons. The molecule has 0 aromatic heterocycles. The van der Waals surface area contributed by atoms with Crippen LogP contribution in [0.25, 0.3) is 0 Å². The summed E-state index contributed by atoms with van der Waals surface area (Å²) in [5.41, 5.74) is 7.38. The number of rotatable bonds is 10. The summed E-state index contributed by atoms with van der Waals surface area (Å²) in [7, 11) is 0. The number of hydrogen-bond donors (Lipinski definition) is 3. The molecule has 26 heavy (non-hydrogen) atoms. The fourth-order valence-electron chi connectivity index (χ4n) is 2.55. The minimum atomic E-state index is -0.472. The van der Waals surface area contributed by atoms with Crippen LogP contribution in [0.4, 0.5) is 4.79 Å². The summed E-state index contributed by atoms with van der Waals surface area (Å²) in [6, 6.07) is 17.0. The molecule has 1 atom stereocenters. The van der Waals surface area contributed by atoms with Crippen molar-refractivity contribution in [1.29, 1.82) is 0 Å². The number of nitrogens with one attached hydrogen (secondary N) is 2. The van der Waals surface area contributed by atoms with Crippen LogP contribution < -0.4 is 21.1 Å². The van der Waals surface area contributed by atoms with Gasteiger partial charge in [-0.05, 0) is 18.6 Å². The van der Waals surface area contributed by atoms with Crippen LogP contribution in [-0.2, 0) is 11.3 Å². The Labute approximate surface area is 154 Å². The van der Waals surface area contributed by atoms with Crippen LogP contribution in [0, 0.1) is 0 Å². The zero-order valence-electron chi connectivity index (χ0n) is 15.1. The van der Waals surface area contributed by atoms with Gasteiger partial charge in [-0.1, -0.05) is 48.5 Å². The van der Waals surface area contributed by atoms with Crippen molar-refractivity contribution in [2.75, 3.05) is 26.2 Å². The molecule has 0 bridgehead atoms. The van der Waals surface area contributed by atoms with E-state index in [4.69, 9.17) is 15.2 Å². The maximum atomic E-state index is 12.3. The zero-order chi connectivity index (χ0) is 18.6. The Morgan fingerprint density at radius 1 is 1.12 bits per heavy atom. The molecule has 4 N–H and O–H groups in total. The fraction of sp³-hybridized carbons (Fsp3) is 0.350. The van der Waals surface area contributed by atoms with Crippen molar-refractivity contribution in [3.05, 3.63) is 65.7 Å². The summed E-state index contributed by atoms with van der Waals surface area (Å²) >= 11 is 0. The molecule has 0 radical (unpaired) electrons. The summed E-state index contributed by atoms with van der Waals surface area (Å²) < 4.78 is 11.0. The van der Waals surface area contributed by atoms with Gasteiger partial charge in [0.15, 0.2) is 0 Å². The highest BCUT2D eigenvalue weighted by Gasteiger charge is 2.19. The van der Waals surface area contributed by atoms with E-state index in [1.807, 2.05) is 61.5 Å². The van der Waals surface area contributed by atoms with Crippen LogP contribution >= 0.6 is 0 Å². The Morgan fingerprint density at radius 3 is 2.58 bits per heavy atom. The third kappa shape index (κ3) is 6.38. The first-order chi connectivity index (χ1) is 12.7. The summed E-state index contributed by atoms with van der Waals surface area (Å²) in [5, 5.41) is 6.15. The third-order valence-corrected chi connectivity index (χ3v) is 3.77. The Hall–Kier alpha value is -2.57. The van der Waals surface area contributed by atoms with Crippen molar-refractivity contribution in [3.63, 3.8) is 0 Å².